The first-order valence-corrected chi connectivity index (χ1v) is 3.29. The second kappa shape index (κ2) is 6.58. The van der Waals surface area contributed by atoms with E-state index >= 15 is 0 Å². The molecular weight excluding hydrogens is 224 g/mol. The molecule has 1 aromatic carbocycles. The number of halogens is 1. The van der Waals surface area contributed by atoms with E-state index in [4.69, 9.17) is 0 Å². The first-order chi connectivity index (χ1) is 4.74. The van der Waals surface area contributed by atoms with E-state index in [9.17, 15) is 0 Å². The summed E-state index contributed by atoms with van der Waals surface area (Å²) in [7, 11) is 0. The van der Waals surface area contributed by atoms with Crippen LogP contribution in [0.3, 0.4) is 0 Å². The van der Waals surface area contributed by atoms with Crippen LogP contribution in [0.5, 0.6) is 0 Å². The molecule has 0 aliphatic rings. The van der Waals surface area contributed by atoms with Crippen LogP contribution in [-0.4, -0.2) is 23.1 Å². The van der Waals surface area contributed by atoms with E-state index in [2.05, 4.69) is 32.6 Å². The van der Waals surface area contributed by atoms with Crippen molar-refractivity contribution in [3.8, 4) is 0 Å². The molecular formula is C10H11BrMg. The zero-order chi connectivity index (χ0) is 7.56. The minimum absolute atomic E-state index is 0. The van der Waals surface area contributed by atoms with Gasteiger partial charge in [-0.1, -0.05) is 13.0 Å². The summed E-state index contributed by atoms with van der Waals surface area (Å²) in [4.78, 5) is 0. The Kier molecular flexibility index (Phi) is 8.00. The third kappa shape index (κ3) is 3.65. The van der Waals surface area contributed by atoms with Crippen LogP contribution in [0.25, 0.3) is 6.08 Å². The maximum Gasteiger partial charge on any atom is 2.00 e. The molecule has 0 nitrogen and oxygen atoms in total. The fourth-order valence-electron chi connectivity index (χ4n) is 0.934. The maximum atomic E-state index is 3.88. The Bertz CT molecular complexity index is 256. The average molecular weight is 235 g/mol. The fraction of sp³-hybridized carbons (Fsp3) is 0.100. The molecule has 0 aliphatic carbocycles. The summed E-state index contributed by atoms with van der Waals surface area (Å²) in [6.07, 6.45) is 1.82. The van der Waals surface area contributed by atoms with Gasteiger partial charge in [-0.3, -0.25) is 0 Å². The molecule has 0 atom stereocenters. The Balaban J connectivity index is 0. The van der Waals surface area contributed by atoms with Crippen molar-refractivity contribution in [2.24, 2.45) is 0 Å². The molecule has 0 heterocycles. The van der Waals surface area contributed by atoms with E-state index in [0.717, 1.165) is 11.1 Å². The predicted molar refractivity (Wildman–Crippen MR) is 51.5 cm³/mol. The number of hydrogen-bond donors (Lipinski definition) is 0. The summed E-state index contributed by atoms with van der Waals surface area (Å²) in [5.41, 5.74) is 3.41. The zero-order valence-electron chi connectivity index (χ0n) is 7.31. The summed E-state index contributed by atoms with van der Waals surface area (Å²) in [6, 6.07) is 6.15. The number of aryl methyl sites for hydroxylation is 1. The van der Waals surface area contributed by atoms with Crippen LogP contribution in [0.1, 0.15) is 16.7 Å². The normalized spacial score (nSPS) is 7.75. The minimum Gasteiger partial charge on any atom is -1.00 e. The Labute approximate surface area is 101 Å². The summed E-state index contributed by atoms with van der Waals surface area (Å²) < 4.78 is 0. The Morgan fingerprint density at radius 3 is 2.42 bits per heavy atom. The number of rotatable bonds is 1. The molecule has 0 saturated heterocycles. The summed E-state index contributed by atoms with van der Waals surface area (Å²) >= 11 is 0. The molecule has 0 saturated carbocycles. The van der Waals surface area contributed by atoms with Gasteiger partial charge in [0.2, 0.25) is 0 Å². The van der Waals surface area contributed by atoms with E-state index in [1.165, 1.54) is 5.56 Å². The second-order valence-electron chi connectivity index (χ2n) is 2.41. The predicted octanol–water partition coefficient (Wildman–Crippen LogP) is -0.557. The van der Waals surface area contributed by atoms with Crippen LogP contribution >= 0.6 is 0 Å². The topological polar surface area (TPSA) is 0 Å². The SMILES string of the molecule is C=Cc1ccc(C)cc1[CH2-].[Br-].[Mg+2]. The largest absolute Gasteiger partial charge is 2.00 e. The molecule has 2 heteroatoms. The summed E-state index contributed by atoms with van der Waals surface area (Å²) in [5.74, 6) is 0. The van der Waals surface area contributed by atoms with Gasteiger partial charge in [0, 0.05) is 0 Å². The van der Waals surface area contributed by atoms with Crippen LogP contribution in [0, 0.1) is 13.8 Å². The van der Waals surface area contributed by atoms with Crippen molar-refractivity contribution in [2.75, 3.05) is 0 Å². The standard InChI is InChI=1S/C10H11.BrH.Mg/c1-4-10-6-5-8(2)7-9(10)3;;/h4-7H,1,3H2,2H3;1H;/q-1;;+2/p-1. The van der Waals surface area contributed by atoms with Crippen LogP contribution in [-0.2, 0) is 0 Å². The Hall–Kier alpha value is 0.0762. The van der Waals surface area contributed by atoms with Crippen molar-refractivity contribution >= 4 is 29.1 Å². The van der Waals surface area contributed by atoms with Crippen molar-refractivity contribution < 1.29 is 17.0 Å². The number of benzene rings is 1. The molecule has 1 rings (SSSR count). The van der Waals surface area contributed by atoms with E-state index < -0.39 is 0 Å². The molecule has 0 aliphatic heterocycles. The van der Waals surface area contributed by atoms with E-state index in [-0.39, 0.29) is 40.0 Å². The van der Waals surface area contributed by atoms with Crippen LogP contribution < -0.4 is 17.0 Å². The van der Waals surface area contributed by atoms with Crippen molar-refractivity contribution in [1.82, 2.24) is 0 Å². The third-order valence-electron chi connectivity index (χ3n) is 1.52. The molecule has 0 bridgehead atoms. The summed E-state index contributed by atoms with van der Waals surface area (Å²) in [5, 5.41) is 0. The molecule has 0 unspecified atom stereocenters. The molecule has 0 spiro atoms. The molecule has 0 N–H and O–H groups in total. The Morgan fingerprint density at radius 1 is 1.42 bits per heavy atom. The van der Waals surface area contributed by atoms with E-state index in [1.807, 2.05) is 12.1 Å². The molecule has 0 fully saturated rings. The number of hydrogen-bond acceptors (Lipinski definition) is 0. The van der Waals surface area contributed by atoms with E-state index in [1.54, 1.807) is 0 Å². The van der Waals surface area contributed by atoms with Crippen molar-refractivity contribution in [2.45, 2.75) is 6.92 Å². The third-order valence-corrected chi connectivity index (χ3v) is 1.52. The van der Waals surface area contributed by atoms with Gasteiger partial charge < -0.3 is 17.0 Å². The van der Waals surface area contributed by atoms with Gasteiger partial charge in [-0.15, -0.1) is 29.8 Å². The average Bonchev–Trinajstić information content (AvgIpc) is 1.88. The van der Waals surface area contributed by atoms with Crippen LogP contribution in [0.2, 0.25) is 0 Å². The minimum atomic E-state index is 0. The van der Waals surface area contributed by atoms with Gasteiger partial charge in [0.25, 0.3) is 0 Å². The Morgan fingerprint density at radius 2 is 2.00 bits per heavy atom. The smallest absolute Gasteiger partial charge is 1.00 e. The van der Waals surface area contributed by atoms with Gasteiger partial charge in [0.1, 0.15) is 0 Å². The molecule has 12 heavy (non-hydrogen) atoms. The maximum absolute atomic E-state index is 3.88. The first-order valence-electron chi connectivity index (χ1n) is 3.29. The van der Waals surface area contributed by atoms with Crippen LogP contribution in [0.15, 0.2) is 24.8 Å². The molecule has 0 aromatic heterocycles. The van der Waals surface area contributed by atoms with Gasteiger partial charge in [0.05, 0.1) is 0 Å². The monoisotopic (exact) mass is 234 g/mol. The molecule has 0 amide bonds. The fourth-order valence-corrected chi connectivity index (χ4v) is 0.934. The molecule has 1 aromatic rings. The molecule has 60 valence electrons. The van der Waals surface area contributed by atoms with Crippen LogP contribution in [0.4, 0.5) is 0 Å². The molecule has 0 radical (unpaired) electrons. The second-order valence-corrected chi connectivity index (χ2v) is 2.41. The van der Waals surface area contributed by atoms with Gasteiger partial charge in [-0.05, 0) is 0 Å². The zero-order valence-corrected chi connectivity index (χ0v) is 10.3. The van der Waals surface area contributed by atoms with E-state index in [0.29, 0.717) is 0 Å². The van der Waals surface area contributed by atoms with Gasteiger partial charge in [-0.2, -0.15) is 18.6 Å². The van der Waals surface area contributed by atoms with Gasteiger partial charge in [-0.25, -0.2) is 0 Å². The van der Waals surface area contributed by atoms with Crippen molar-refractivity contribution in [3.05, 3.63) is 48.4 Å². The summed E-state index contributed by atoms with van der Waals surface area (Å²) in [6.45, 7) is 9.62. The van der Waals surface area contributed by atoms with Crippen molar-refractivity contribution in [1.29, 1.82) is 0 Å². The van der Waals surface area contributed by atoms with Crippen molar-refractivity contribution in [3.63, 3.8) is 0 Å². The first kappa shape index (κ1) is 14.6. The van der Waals surface area contributed by atoms with Gasteiger partial charge in [0.15, 0.2) is 0 Å². The quantitative estimate of drug-likeness (QED) is 0.452. The van der Waals surface area contributed by atoms with Gasteiger partial charge >= 0.3 is 23.1 Å².